The van der Waals surface area contributed by atoms with E-state index in [2.05, 4.69) is 5.10 Å². The van der Waals surface area contributed by atoms with Crippen LogP contribution in [0.1, 0.15) is 16.1 Å². The van der Waals surface area contributed by atoms with E-state index in [0.717, 1.165) is 5.56 Å². The number of rotatable bonds is 5. The first-order chi connectivity index (χ1) is 9.61. The number of carbonyl (C=O) groups excluding carboxylic acids is 1. The number of carbonyl (C=O) groups is 1. The molecule has 0 atom stereocenters. The van der Waals surface area contributed by atoms with Gasteiger partial charge in [-0.25, -0.2) is 0 Å². The van der Waals surface area contributed by atoms with Crippen LogP contribution < -0.4 is 5.73 Å². The van der Waals surface area contributed by atoms with Gasteiger partial charge in [0.05, 0.1) is 12.3 Å². The first-order valence-electron chi connectivity index (χ1n) is 6.35. The number of anilines is 1. The zero-order valence-electron chi connectivity index (χ0n) is 11.4. The predicted octanol–water partition coefficient (Wildman–Crippen LogP) is 0.637. The standard InChI is InChI=1S/C14H18N4O2/c1-17-10-12(15)13(16-17)14(20)18(7-8-19)9-11-5-3-2-4-6-11/h2-6,10,19H,7-9,15H2,1H3. The van der Waals surface area contributed by atoms with Gasteiger partial charge in [-0.3, -0.25) is 9.48 Å². The van der Waals surface area contributed by atoms with E-state index in [-0.39, 0.29) is 24.8 Å². The Morgan fingerprint density at radius 3 is 2.65 bits per heavy atom. The average molecular weight is 274 g/mol. The van der Waals surface area contributed by atoms with Crippen molar-refractivity contribution in [1.29, 1.82) is 0 Å². The van der Waals surface area contributed by atoms with Crippen LogP contribution in [0.2, 0.25) is 0 Å². The summed E-state index contributed by atoms with van der Waals surface area (Å²) in [5.41, 5.74) is 7.33. The molecule has 0 radical (unpaired) electrons. The van der Waals surface area contributed by atoms with E-state index in [1.54, 1.807) is 13.2 Å². The number of amides is 1. The maximum Gasteiger partial charge on any atom is 0.276 e. The summed E-state index contributed by atoms with van der Waals surface area (Å²) in [6.07, 6.45) is 1.59. The van der Waals surface area contributed by atoms with Gasteiger partial charge in [-0.05, 0) is 5.56 Å². The molecule has 0 saturated heterocycles. The molecule has 0 bridgehead atoms. The quantitative estimate of drug-likeness (QED) is 0.838. The molecule has 1 amide bonds. The van der Waals surface area contributed by atoms with Gasteiger partial charge in [-0.1, -0.05) is 30.3 Å². The van der Waals surface area contributed by atoms with Crippen LogP contribution >= 0.6 is 0 Å². The molecule has 0 fully saturated rings. The van der Waals surface area contributed by atoms with Gasteiger partial charge in [0.1, 0.15) is 0 Å². The summed E-state index contributed by atoms with van der Waals surface area (Å²) in [6, 6.07) is 9.59. The van der Waals surface area contributed by atoms with Crippen molar-refractivity contribution in [3.8, 4) is 0 Å². The molecule has 1 aromatic carbocycles. The first kappa shape index (κ1) is 14.1. The number of nitrogens with two attached hydrogens (primary N) is 1. The number of aromatic nitrogens is 2. The molecule has 0 unspecified atom stereocenters. The molecule has 0 spiro atoms. The monoisotopic (exact) mass is 274 g/mol. The largest absolute Gasteiger partial charge is 0.396 e. The normalized spacial score (nSPS) is 10.5. The van der Waals surface area contributed by atoms with Gasteiger partial charge in [0.25, 0.3) is 5.91 Å². The topological polar surface area (TPSA) is 84.4 Å². The van der Waals surface area contributed by atoms with Crippen molar-refractivity contribution in [2.24, 2.45) is 7.05 Å². The summed E-state index contributed by atoms with van der Waals surface area (Å²) in [7, 11) is 1.71. The molecular formula is C14H18N4O2. The van der Waals surface area contributed by atoms with Crippen molar-refractivity contribution in [3.63, 3.8) is 0 Å². The van der Waals surface area contributed by atoms with Crippen LogP contribution in [-0.4, -0.2) is 38.8 Å². The van der Waals surface area contributed by atoms with Crippen LogP contribution in [0.5, 0.6) is 0 Å². The lowest BCUT2D eigenvalue weighted by atomic mass is 10.2. The fourth-order valence-electron chi connectivity index (χ4n) is 2.00. The van der Waals surface area contributed by atoms with E-state index in [9.17, 15) is 4.79 Å². The lowest BCUT2D eigenvalue weighted by Gasteiger charge is -2.21. The number of nitrogen functional groups attached to an aromatic ring is 1. The maximum atomic E-state index is 12.4. The first-order valence-corrected chi connectivity index (χ1v) is 6.35. The van der Waals surface area contributed by atoms with Crippen LogP contribution in [0.4, 0.5) is 5.69 Å². The SMILES string of the molecule is Cn1cc(N)c(C(=O)N(CCO)Cc2ccccc2)n1. The number of aryl methyl sites for hydroxylation is 1. The van der Waals surface area contributed by atoms with Gasteiger partial charge < -0.3 is 15.7 Å². The second-order valence-corrected chi connectivity index (χ2v) is 4.54. The van der Waals surface area contributed by atoms with Gasteiger partial charge in [-0.2, -0.15) is 5.10 Å². The van der Waals surface area contributed by atoms with Crippen molar-refractivity contribution in [3.05, 3.63) is 47.8 Å². The van der Waals surface area contributed by atoms with Crippen molar-refractivity contribution in [1.82, 2.24) is 14.7 Å². The molecule has 20 heavy (non-hydrogen) atoms. The van der Waals surface area contributed by atoms with E-state index in [1.807, 2.05) is 30.3 Å². The number of aliphatic hydroxyl groups excluding tert-OH is 1. The zero-order chi connectivity index (χ0) is 14.5. The van der Waals surface area contributed by atoms with Crippen LogP contribution in [0.25, 0.3) is 0 Å². The number of aliphatic hydroxyl groups is 1. The Bertz CT molecular complexity index is 580. The summed E-state index contributed by atoms with van der Waals surface area (Å²) < 4.78 is 1.50. The van der Waals surface area contributed by atoms with Gasteiger partial charge in [0.2, 0.25) is 0 Å². The van der Waals surface area contributed by atoms with E-state index < -0.39 is 0 Å². The molecular weight excluding hydrogens is 256 g/mol. The molecule has 1 aromatic heterocycles. The highest BCUT2D eigenvalue weighted by Gasteiger charge is 2.21. The van der Waals surface area contributed by atoms with Crippen LogP contribution in [0.15, 0.2) is 36.5 Å². The minimum Gasteiger partial charge on any atom is -0.396 e. The highest BCUT2D eigenvalue weighted by Crippen LogP contribution is 2.13. The fourth-order valence-corrected chi connectivity index (χ4v) is 2.00. The van der Waals surface area contributed by atoms with Crippen molar-refractivity contribution in [2.45, 2.75) is 6.54 Å². The smallest absolute Gasteiger partial charge is 0.276 e. The predicted molar refractivity (Wildman–Crippen MR) is 75.9 cm³/mol. The Kier molecular flexibility index (Phi) is 4.37. The Morgan fingerprint density at radius 2 is 2.10 bits per heavy atom. The van der Waals surface area contributed by atoms with E-state index in [4.69, 9.17) is 10.8 Å². The lowest BCUT2D eigenvalue weighted by molar-refractivity contribution is 0.0702. The Morgan fingerprint density at radius 1 is 1.40 bits per heavy atom. The molecule has 6 nitrogen and oxygen atoms in total. The number of benzene rings is 1. The minimum atomic E-state index is -0.277. The summed E-state index contributed by atoms with van der Waals surface area (Å²) in [4.78, 5) is 14.0. The second-order valence-electron chi connectivity index (χ2n) is 4.54. The summed E-state index contributed by atoms with van der Waals surface area (Å²) >= 11 is 0. The average Bonchev–Trinajstić information content (AvgIpc) is 2.77. The summed E-state index contributed by atoms with van der Waals surface area (Å²) in [6.45, 7) is 0.547. The zero-order valence-corrected chi connectivity index (χ0v) is 11.4. The molecule has 6 heteroatoms. The molecule has 0 saturated carbocycles. The highest BCUT2D eigenvalue weighted by molar-refractivity contribution is 5.97. The van der Waals surface area contributed by atoms with Gasteiger partial charge in [-0.15, -0.1) is 0 Å². The Hall–Kier alpha value is -2.34. The third-order valence-corrected chi connectivity index (χ3v) is 2.93. The van der Waals surface area contributed by atoms with Gasteiger partial charge >= 0.3 is 0 Å². The Labute approximate surface area is 117 Å². The molecule has 0 aliphatic heterocycles. The molecule has 3 N–H and O–H groups in total. The third-order valence-electron chi connectivity index (χ3n) is 2.93. The molecule has 0 aliphatic rings. The minimum absolute atomic E-state index is 0.106. The van der Waals surface area contributed by atoms with E-state index in [0.29, 0.717) is 12.2 Å². The fraction of sp³-hybridized carbons (Fsp3) is 0.286. The molecule has 2 aromatic rings. The number of hydrogen-bond acceptors (Lipinski definition) is 4. The highest BCUT2D eigenvalue weighted by atomic mass is 16.3. The number of hydrogen-bond donors (Lipinski definition) is 2. The van der Waals surface area contributed by atoms with Gasteiger partial charge in [0, 0.05) is 26.3 Å². The molecule has 106 valence electrons. The van der Waals surface area contributed by atoms with Gasteiger partial charge in [0.15, 0.2) is 5.69 Å². The van der Waals surface area contributed by atoms with Crippen LogP contribution in [0.3, 0.4) is 0 Å². The van der Waals surface area contributed by atoms with Crippen LogP contribution in [-0.2, 0) is 13.6 Å². The lowest BCUT2D eigenvalue weighted by Crippen LogP contribution is -2.33. The maximum absolute atomic E-state index is 12.4. The third kappa shape index (κ3) is 3.16. The van der Waals surface area contributed by atoms with E-state index >= 15 is 0 Å². The molecule has 1 heterocycles. The van der Waals surface area contributed by atoms with Crippen LogP contribution in [0, 0.1) is 0 Å². The van der Waals surface area contributed by atoms with Crippen molar-refractivity contribution >= 4 is 11.6 Å². The summed E-state index contributed by atoms with van der Waals surface area (Å²) in [5, 5.41) is 13.2. The van der Waals surface area contributed by atoms with Crippen molar-refractivity contribution in [2.75, 3.05) is 18.9 Å². The molecule has 0 aliphatic carbocycles. The number of nitrogens with zero attached hydrogens (tertiary/aromatic N) is 3. The Balaban J connectivity index is 2.20. The summed E-state index contributed by atoms with van der Waals surface area (Å²) in [5.74, 6) is -0.277. The molecule has 2 rings (SSSR count). The van der Waals surface area contributed by atoms with E-state index in [1.165, 1.54) is 9.58 Å². The van der Waals surface area contributed by atoms with Crippen molar-refractivity contribution < 1.29 is 9.90 Å². The second kappa shape index (κ2) is 6.21.